The van der Waals surface area contributed by atoms with Crippen LogP contribution < -0.4 is 4.74 Å². The van der Waals surface area contributed by atoms with Crippen molar-refractivity contribution in [3.63, 3.8) is 0 Å². The minimum atomic E-state index is -4.76. The van der Waals surface area contributed by atoms with Gasteiger partial charge in [-0.2, -0.15) is 0 Å². The monoisotopic (exact) mass is 382 g/mol. The molecule has 0 heterocycles. The zero-order chi connectivity index (χ0) is 14.7. The fourth-order valence-corrected chi connectivity index (χ4v) is 2.61. The summed E-state index contributed by atoms with van der Waals surface area (Å²) in [6.45, 7) is -1.23. The van der Waals surface area contributed by atoms with Gasteiger partial charge in [0, 0.05) is 15.2 Å². The Morgan fingerprint density at radius 3 is 2.42 bits per heavy atom. The Morgan fingerprint density at radius 2 is 1.89 bits per heavy atom. The minimum absolute atomic E-state index is 0.149. The van der Waals surface area contributed by atoms with E-state index >= 15 is 0 Å². The molecule has 1 aromatic rings. The van der Waals surface area contributed by atoms with Crippen molar-refractivity contribution in [1.29, 1.82) is 0 Å². The quantitative estimate of drug-likeness (QED) is 0.578. The topological polar surface area (TPSA) is 52.6 Å². The van der Waals surface area contributed by atoms with Crippen molar-refractivity contribution in [2.24, 2.45) is 0 Å². The molecule has 108 valence electrons. The van der Waals surface area contributed by atoms with Gasteiger partial charge < -0.3 is 4.74 Å². The molecule has 0 saturated carbocycles. The zero-order valence-electron chi connectivity index (χ0n) is 9.08. The molecule has 0 radical (unpaired) electrons. The van der Waals surface area contributed by atoms with Gasteiger partial charge >= 0.3 is 6.36 Å². The average Bonchev–Trinajstić information content (AvgIpc) is 2.23. The van der Waals surface area contributed by atoms with E-state index in [0.29, 0.717) is 4.47 Å². The van der Waals surface area contributed by atoms with Gasteiger partial charge in [-0.1, -0.05) is 15.9 Å². The van der Waals surface area contributed by atoms with E-state index in [9.17, 15) is 21.6 Å². The molecule has 0 saturated heterocycles. The Bertz CT molecular complexity index is 547. The van der Waals surface area contributed by atoms with Gasteiger partial charge in [0.05, 0.1) is 6.61 Å². The van der Waals surface area contributed by atoms with Crippen molar-refractivity contribution in [3.8, 4) is 5.75 Å². The molecule has 0 fully saturated rings. The van der Waals surface area contributed by atoms with Crippen LogP contribution in [0.5, 0.6) is 5.75 Å². The summed E-state index contributed by atoms with van der Waals surface area (Å²) >= 11 is 3.04. The summed E-state index contributed by atoms with van der Waals surface area (Å²) in [5.74, 6) is -0.149. The third-order valence-corrected chi connectivity index (χ3v) is 3.61. The molecule has 0 amide bonds. The molecule has 0 bridgehead atoms. The molecule has 0 N–H and O–H groups in total. The van der Waals surface area contributed by atoms with Gasteiger partial charge in [-0.15, -0.1) is 13.2 Å². The molecular weight excluding hydrogens is 377 g/mol. The number of halogens is 5. The fraction of sp³-hybridized carbons (Fsp3) is 0.333. The van der Waals surface area contributed by atoms with Crippen LogP contribution in [-0.4, -0.2) is 28.0 Å². The summed E-state index contributed by atoms with van der Waals surface area (Å²) < 4.78 is 66.4. The van der Waals surface area contributed by atoms with Crippen molar-refractivity contribution in [2.75, 3.05) is 13.2 Å². The number of alkyl halides is 3. The van der Waals surface area contributed by atoms with E-state index in [-0.39, 0.29) is 10.6 Å². The Hall–Kier alpha value is -0.510. The lowest BCUT2D eigenvalue weighted by atomic mass is 10.3. The van der Waals surface area contributed by atoms with Crippen LogP contribution >= 0.6 is 26.6 Å². The second-order valence-electron chi connectivity index (χ2n) is 3.17. The largest absolute Gasteiger partial charge is 0.522 e. The van der Waals surface area contributed by atoms with Crippen LogP contribution in [-0.2, 0) is 13.8 Å². The van der Waals surface area contributed by atoms with E-state index < -0.39 is 28.6 Å². The molecule has 10 heteroatoms. The molecular formula is C9H7BrClF3O4S. The normalized spacial score (nSPS) is 12.5. The summed E-state index contributed by atoms with van der Waals surface area (Å²) in [6, 6.07) is 3.92. The van der Waals surface area contributed by atoms with Crippen LogP contribution in [0.2, 0.25) is 0 Å². The molecule has 0 aliphatic heterocycles. The average molecular weight is 384 g/mol. The highest BCUT2D eigenvalue weighted by Crippen LogP contribution is 2.30. The second-order valence-corrected chi connectivity index (χ2v) is 6.62. The maximum Gasteiger partial charge on any atom is 0.522 e. The first-order chi connectivity index (χ1) is 8.59. The maximum absolute atomic E-state index is 11.7. The van der Waals surface area contributed by atoms with Gasteiger partial charge in [0.25, 0.3) is 9.05 Å². The van der Waals surface area contributed by atoms with E-state index in [1.165, 1.54) is 18.2 Å². The number of benzene rings is 1. The molecule has 1 aromatic carbocycles. The number of hydrogen-bond donors (Lipinski definition) is 0. The number of ether oxygens (including phenoxy) is 2. The lowest BCUT2D eigenvalue weighted by Crippen LogP contribution is -2.18. The van der Waals surface area contributed by atoms with E-state index in [0.717, 1.165) is 0 Å². The number of hydrogen-bond acceptors (Lipinski definition) is 4. The number of rotatable bonds is 5. The van der Waals surface area contributed by atoms with Crippen molar-refractivity contribution in [1.82, 2.24) is 0 Å². The standard InChI is InChI=1S/C9H7BrClF3O4S/c10-6-1-2-7(8(5-6)19(11,15)16)17-3-4-18-9(12,13)14/h1-2,5H,3-4H2. The summed E-state index contributed by atoms with van der Waals surface area (Å²) in [5.41, 5.74) is 0. The van der Waals surface area contributed by atoms with E-state index in [4.69, 9.17) is 15.4 Å². The predicted molar refractivity (Wildman–Crippen MR) is 64.7 cm³/mol. The Balaban J connectivity index is 2.74. The van der Waals surface area contributed by atoms with E-state index in [1.807, 2.05) is 0 Å². The highest BCUT2D eigenvalue weighted by Gasteiger charge is 2.28. The van der Waals surface area contributed by atoms with Gasteiger partial charge in [0.15, 0.2) is 0 Å². The van der Waals surface area contributed by atoms with Crippen LogP contribution in [0.3, 0.4) is 0 Å². The molecule has 0 aliphatic carbocycles. The van der Waals surface area contributed by atoms with E-state index in [2.05, 4.69) is 20.7 Å². The molecule has 0 spiro atoms. The third-order valence-electron chi connectivity index (χ3n) is 1.78. The van der Waals surface area contributed by atoms with Crippen LogP contribution in [0.4, 0.5) is 13.2 Å². The van der Waals surface area contributed by atoms with Crippen molar-refractivity contribution < 1.29 is 31.1 Å². The first-order valence-corrected chi connectivity index (χ1v) is 7.77. The second kappa shape index (κ2) is 6.29. The molecule has 0 atom stereocenters. The molecule has 1 rings (SSSR count). The highest BCUT2D eigenvalue weighted by molar-refractivity contribution is 9.10. The van der Waals surface area contributed by atoms with E-state index in [1.54, 1.807) is 0 Å². The molecule has 0 aliphatic rings. The van der Waals surface area contributed by atoms with Gasteiger partial charge in [0.1, 0.15) is 17.3 Å². The van der Waals surface area contributed by atoms with Crippen molar-refractivity contribution in [3.05, 3.63) is 22.7 Å². The van der Waals surface area contributed by atoms with Gasteiger partial charge in [-0.25, -0.2) is 8.42 Å². The highest BCUT2D eigenvalue weighted by atomic mass is 79.9. The SMILES string of the molecule is O=S(=O)(Cl)c1cc(Br)ccc1OCCOC(F)(F)F. The summed E-state index contributed by atoms with van der Waals surface area (Å²) in [7, 11) is 1.11. The molecule has 4 nitrogen and oxygen atoms in total. The Kier molecular flexibility index (Phi) is 5.48. The van der Waals surface area contributed by atoms with Crippen LogP contribution in [0.25, 0.3) is 0 Å². The summed E-state index contributed by atoms with van der Waals surface area (Å²) in [5, 5.41) is 0. The van der Waals surface area contributed by atoms with Gasteiger partial charge in [-0.3, -0.25) is 4.74 Å². The van der Waals surface area contributed by atoms with Crippen molar-refractivity contribution >= 4 is 35.7 Å². The maximum atomic E-state index is 11.7. The zero-order valence-corrected chi connectivity index (χ0v) is 12.2. The lowest BCUT2D eigenvalue weighted by Gasteiger charge is -2.11. The summed E-state index contributed by atoms with van der Waals surface area (Å²) in [4.78, 5) is -0.337. The van der Waals surface area contributed by atoms with Crippen LogP contribution in [0, 0.1) is 0 Å². The Morgan fingerprint density at radius 1 is 1.26 bits per heavy atom. The van der Waals surface area contributed by atoms with Crippen LogP contribution in [0.1, 0.15) is 0 Å². The van der Waals surface area contributed by atoms with Gasteiger partial charge in [-0.05, 0) is 18.2 Å². The Labute approximate surface area is 120 Å². The van der Waals surface area contributed by atoms with Crippen LogP contribution in [0.15, 0.2) is 27.6 Å². The predicted octanol–water partition coefficient (Wildman–Crippen LogP) is 3.29. The summed E-state index contributed by atoms with van der Waals surface area (Å²) in [6.07, 6.45) is -4.76. The third kappa shape index (κ3) is 5.98. The lowest BCUT2D eigenvalue weighted by molar-refractivity contribution is -0.325. The smallest absolute Gasteiger partial charge is 0.490 e. The van der Waals surface area contributed by atoms with Crippen molar-refractivity contribution in [2.45, 2.75) is 11.3 Å². The minimum Gasteiger partial charge on any atom is -0.490 e. The molecule has 0 unspecified atom stereocenters. The molecule has 19 heavy (non-hydrogen) atoms. The van der Waals surface area contributed by atoms with Gasteiger partial charge in [0.2, 0.25) is 0 Å². The molecule has 0 aromatic heterocycles. The fourth-order valence-electron chi connectivity index (χ4n) is 1.10. The first-order valence-electron chi connectivity index (χ1n) is 4.67. The first kappa shape index (κ1) is 16.5.